The van der Waals surface area contributed by atoms with Crippen LogP contribution < -0.4 is 5.73 Å². The maximum Gasteiger partial charge on any atom is 0.230 e. The lowest BCUT2D eigenvalue weighted by molar-refractivity contribution is -0.190. The summed E-state index contributed by atoms with van der Waals surface area (Å²) >= 11 is 0. The van der Waals surface area contributed by atoms with E-state index >= 15 is 0 Å². The number of phenols is 1. The molecule has 2 aromatic rings. The minimum Gasteiger partial charge on any atom is -0.507 e. The molecule has 3 unspecified atom stereocenters. The molecule has 0 aliphatic heterocycles. The third-order valence-corrected chi connectivity index (χ3v) is 10.1. The van der Waals surface area contributed by atoms with Crippen LogP contribution in [-0.2, 0) is 32.0 Å². The van der Waals surface area contributed by atoms with Crippen LogP contribution in [0.5, 0.6) is 5.75 Å². The number of hydrogen-bond acceptors (Lipinski definition) is 9. The van der Waals surface area contributed by atoms with Gasteiger partial charge in [0.1, 0.15) is 17.5 Å². The molecule has 2 fully saturated rings. The van der Waals surface area contributed by atoms with Crippen molar-refractivity contribution in [3.63, 3.8) is 0 Å². The Morgan fingerprint density at radius 2 is 1.71 bits per heavy atom. The number of carbonyl (C=O) groups is 5. The van der Waals surface area contributed by atoms with E-state index in [0.29, 0.717) is 24.0 Å². The summed E-state index contributed by atoms with van der Waals surface area (Å²) in [6.45, 7) is 5.96. The number of rotatable bonds is 9. The number of phenolic OH excluding ortho intramolecular Hbond substituents is 1. The molecule has 0 aromatic heterocycles. The number of primary amides is 1. The molecule has 1 amide bonds. The van der Waals surface area contributed by atoms with Gasteiger partial charge in [-0.1, -0.05) is 49.4 Å². The molecule has 5 rings (SSSR count). The zero-order valence-corrected chi connectivity index (χ0v) is 25.8. The number of hydrogen-bond donors (Lipinski definition) is 4. The van der Waals surface area contributed by atoms with Crippen LogP contribution in [0.4, 0.5) is 0 Å². The molecule has 0 heterocycles. The van der Waals surface area contributed by atoms with Crippen molar-refractivity contribution in [2.45, 2.75) is 63.2 Å². The Labute approximate surface area is 261 Å². The molecule has 5 N–H and O–H groups in total. The van der Waals surface area contributed by atoms with Crippen molar-refractivity contribution in [1.82, 2.24) is 4.90 Å². The summed E-state index contributed by atoms with van der Waals surface area (Å²) in [6.07, 6.45) is 0.896. The Bertz CT molecular complexity index is 1600. The van der Waals surface area contributed by atoms with Crippen LogP contribution >= 0.6 is 0 Å². The van der Waals surface area contributed by atoms with E-state index in [1.54, 1.807) is 25.1 Å². The van der Waals surface area contributed by atoms with Gasteiger partial charge in [-0.15, -0.1) is 0 Å². The zero-order valence-electron chi connectivity index (χ0n) is 25.8. The Hall–Kier alpha value is -3.99. The highest BCUT2D eigenvalue weighted by atomic mass is 16.3. The minimum atomic E-state index is -2.70. The smallest absolute Gasteiger partial charge is 0.230 e. The first-order chi connectivity index (χ1) is 21.2. The molecule has 0 bridgehead atoms. The number of nitrogens with two attached hydrogens (primary N) is 1. The van der Waals surface area contributed by atoms with E-state index in [4.69, 9.17) is 5.73 Å². The molecular formula is C35H40N2O8. The normalized spacial score (nSPS) is 29.2. The fraction of sp³-hybridized carbons (Fsp3) is 0.457. The van der Waals surface area contributed by atoms with Gasteiger partial charge in [-0.05, 0) is 74.0 Å². The number of Topliss-reactive ketones (excluding diaryl/α,β-unsaturated/α-hetero) is 4. The van der Waals surface area contributed by atoms with Crippen molar-refractivity contribution in [3.8, 4) is 16.9 Å². The average Bonchev–Trinajstić information content (AvgIpc) is 2.98. The van der Waals surface area contributed by atoms with Gasteiger partial charge in [0.05, 0.1) is 17.6 Å². The third kappa shape index (κ3) is 5.34. The molecule has 45 heavy (non-hydrogen) atoms. The molecule has 0 saturated heterocycles. The molecule has 3 aliphatic rings. The fourth-order valence-corrected chi connectivity index (χ4v) is 7.70. The number of ketones is 4. The highest BCUT2D eigenvalue weighted by Crippen LogP contribution is 2.52. The maximum atomic E-state index is 14.0. The number of benzene rings is 2. The second kappa shape index (κ2) is 12.1. The summed E-state index contributed by atoms with van der Waals surface area (Å²) in [5.74, 6) is -9.27. The van der Waals surface area contributed by atoms with E-state index in [0.717, 1.165) is 23.1 Å². The number of carbonyl (C=O) groups excluding carboxylic acids is 5. The molecule has 238 valence electrons. The van der Waals surface area contributed by atoms with Gasteiger partial charge in [0, 0.05) is 24.8 Å². The molecule has 10 nitrogen and oxygen atoms in total. The highest BCUT2D eigenvalue weighted by Gasteiger charge is 2.69. The molecule has 7 atom stereocenters. The Morgan fingerprint density at radius 1 is 1.04 bits per heavy atom. The van der Waals surface area contributed by atoms with Gasteiger partial charge in [-0.3, -0.25) is 24.0 Å². The number of aliphatic hydroxyl groups excluding tert-OH is 1. The van der Waals surface area contributed by atoms with Crippen LogP contribution in [0.2, 0.25) is 0 Å². The van der Waals surface area contributed by atoms with Gasteiger partial charge in [0.25, 0.3) is 0 Å². The van der Waals surface area contributed by atoms with Gasteiger partial charge in [0.2, 0.25) is 5.91 Å². The van der Waals surface area contributed by atoms with Gasteiger partial charge < -0.3 is 26.0 Å². The molecular weight excluding hydrogens is 576 g/mol. The Kier molecular flexibility index (Phi) is 8.70. The molecule has 0 radical (unpaired) electrons. The van der Waals surface area contributed by atoms with E-state index in [2.05, 4.69) is 6.58 Å². The number of allylic oxidation sites excluding steroid dienone is 1. The number of aliphatic hydroxyl groups is 2. The lowest BCUT2D eigenvalue weighted by Crippen LogP contribution is -2.75. The van der Waals surface area contributed by atoms with Crippen LogP contribution in [0.1, 0.15) is 54.1 Å². The summed E-state index contributed by atoms with van der Waals surface area (Å²) in [6, 6.07) is 9.52. The minimum absolute atomic E-state index is 0.0375. The van der Waals surface area contributed by atoms with Gasteiger partial charge in [0.15, 0.2) is 23.0 Å². The van der Waals surface area contributed by atoms with Crippen LogP contribution in [0, 0.1) is 23.7 Å². The third-order valence-electron chi connectivity index (χ3n) is 10.1. The van der Waals surface area contributed by atoms with E-state index < -0.39 is 64.7 Å². The first-order valence-electron chi connectivity index (χ1n) is 15.3. The SMILES string of the molecule is C=C(CC)CCC(=O)Cc1ccc(-c2ccc(O)c3c2C[C@@H]2C[C@@H]4[C@@H](N(C)C)C(O)C(C(N)=O)C(=O)[C@]4(O)C(=O)C2C3=O)cc1. The summed E-state index contributed by atoms with van der Waals surface area (Å²) in [5, 5.41) is 33.6. The number of likely N-dealkylation sites (N-methyl/N-ethyl adjacent to an activating group) is 1. The van der Waals surface area contributed by atoms with Crippen molar-refractivity contribution >= 4 is 29.0 Å². The van der Waals surface area contributed by atoms with Crippen molar-refractivity contribution in [3.05, 3.63) is 65.2 Å². The van der Waals surface area contributed by atoms with Crippen molar-refractivity contribution < 1.29 is 39.3 Å². The zero-order chi connectivity index (χ0) is 33.0. The standard InChI is InChI=1S/C35H40N2O8/c1-5-17(2)6-11-21(38)14-18-7-9-19(10-8-18)22-12-13-25(39)27-23(22)15-20-16-24-29(37(3)4)31(41)28(34(36)44)33(43)35(24,45)32(42)26(20)30(27)40/h7-10,12-13,20,24,26,28-29,31,39,41,45H,2,5-6,11,14-16H2,1,3-4H3,(H2,36,44)/t20-,24-,26?,28?,29-,31?,35-/m1/s1. The fourth-order valence-electron chi connectivity index (χ4n) is 7.70. The van der Waals surface area contributed by atoms with Gasteiger partial charge in [-0.2, -0.15) is 0 Å². The van der Waals surface area contributed by atoms with Gasteiger partial charge >= 0.3 is 0 Å². The molecule has 3 aliphatic carbocycles. The van der Waals surface area contributed by atoms with Crippen LogP contribution in [0.25, 0.3) is 11.1 Å². The molecule has 2 saturated carbocycles. The number of aromatic hydroxyl groups is 1. The summed E-state index contributed by atoms with van der Waals surface area (Å²) in [5.41, 5.74) is 6.54. The first-order valence-corrected chi connectivity index (χ1v) is 15.3. The van der Waals surface area contributed by atoms with E-state index in [9.17, 15) is 39.3 Å². The van der Waals surface area contributed by atoms with Gasteiger partial charge in [-0.25, -0.2) is 0 Å². The van der Waals surface area contributed by atoms with Crippen LogP contribution in [0.3, 0.4) is 0 Å². The number of fused-ring (bicyclic) bond motifs is 3. The molecule has 2 aromatic carbocycles. The second-order valence-corrected chi connectivity index (χ2v) is 13.0. The Balaban J connectivity index is 1.49. The predicted molar refractivity (Wildman–Crippen MR) is 165 cm³/mol. The average molecular weight is 617 g/mol. The highest BCUT2D eigenvalue weighted by molar-refractivity contribution is 6.25. The van der Waals surface area contributed by atoms with E-state index in [1.807, 2.05) is 31.2 Å². The lowest BCUT2D eigenvalue weighted by Gasteiger charge is -2.54. The lowest BCUT2D eigenvalue weighted by atomic mass is 9.52. The summed E-state index contributed by atoms with van der Waals surface area (Å²) < 4.78 is 0. The van der Waals surface area contributed by atoms with E-state index in [-0.39, 0.29) is 36.4 Å². The predicted octanol–water partition coefficient (Wildman–Crippen LogP) is 2.18. The van der Waals surface area contributed by atoms with E-state index in [1.165, 1.54) is 6.07 Å². The maximum absolute atomic E-state index is 14.0. The monoisotopic (exact) mass is 616 g/mol. The number of amides is 1. The summed E-state index contributed by atoms with van der Waals surface area (Å²) in [4.78, 5) is 67.7. The largest absolute Gasteiger partial charge is 0.507 e. The van der Waals surface area contributed by atoms with Crippen LogP contribution in [0.15, 0.2) is 48.6 Å². The quantitative estimate of drug-likeness (QED) is 0.243. The Morgan fingerprint density at radius 3 is 2.31 bits per heavy atom. The topological polar surface area (TPSA) is 175 Å². The first kappa shape index (κ1) is 32.4. The van der Waals surface area contributed by atoms with Crippen LogP contribution in [-0.4, -0.2) is 81.1 Å². The van der Waals surface area contributed by atoms with Crippen molar-refractivity contribution in [2.24, 2.45) is 29.4 Å². The number of nitrogens with zero attached hydrogens (tertiary/aromatic N) is 1. The summed E-state index contributed by atoms with van der Waals surface area (Å²) in [7, 11) is 3.21. The van der Waals surface area contributed by atoms with Crippen molar-refractivity contribution in [2.75, 3.05) is 14.1 Å². The second-order valence-electron chi connectivity index (χ2n) is 13.0. The van der Waals surface area contributed by atoms with Crippen molar-refractivity contribution in [1.29, 1.82) is 0 Å². The molecule has 10 heteroatoms. The molecule has 0 spiro atoms.